The molecule has 0 aliphatic carbocycles. The number of phenols is 1. The first-order chi connectivity index (χ1) is 46.0. The molecule has 34 heteroatoms. The Labute approximate surface area is 558 Å². The smallest absolute Gasteiger partial charge is 0.243 e. The van der Waals surface area contributed by atoms with Crippen molar-refractivity contribution in [3.05, 3.63) is 66.3 Å². The lowest BCUT2D eigenvalue weighted by Crippen LogP contribution is -2.58. The lowest BCUT2D eigenvalue weighted by Gasteiger charge is -2.26. The number of aromatic amines is 2. The maximum atomic E-state index is 14.4. The van der Waals surface area contributed by atoms with Gasteiger partial charge in [-0.15, -0.1) is 0 Å². The predicted octanol–water partition coefficient (Wildman–Crippen LogP) is -5.20. The molecule has 34 nitrogen and oxygen atoms in total. The van der Waals surface area contributed by atoms with Gasteiger partial charge in [-0.2, -0.15) is 0 Å². The SMILES string of the molecule is C[C@@H](NC(O)CCCCCN1CCN(CC(O)O)CCN(CC(O)O)CC1)C(=O)N[C@H](CCCCNC(=O)CNC(=O)CCC(=O)NCCc1cnc[nH]1)C(=O)N[C@H](Cc1ccc(O)cc1)C(=O)N[C@H](CCCCNC(=O)CNC(=O)CCC(=O)NCCc1cnc[nH]1)C(N)=O. The molecule has 96 heavy (non-hydrogen) atoms. The summed E-state index contributed by atoms with van der Waals surface area (Å²) >= 11 is 0. The number of carbonyl (C=O) groups is 10. The number of amides is 10. The van der Waals surface area contributed by atoms with Gasteiger partial charge in [-0.1, -0.05) is 18.6 Å². The number of primary amides is 1. The molecule has 1 aliphatic rings. The summed E-state index contributed by atoms with van der Waals surface area (Å²) in [6, 6.07) is 0.862. The summed E-state index contributed by atoms with van der Waals surface area (Å²) in [5.41, 5.74) is 7.94. The molecule has 10 amide bonds. The van der Waals surface area contributed by atoms with E-state index < -0.39 is 90.2 Å². The van der Waals surface area contributed by atoms with Crippen LogP contribution in [-0.4, -0.2) is 265 Å². The fourth-order valence-corrected chi connectivity index (χ4v) is 10.2. The number of nitrogens with one attached hydrogen (secondary N) is 12. The fourth-order valence-electron chi connectivity index (χ4n) is 10.2. The highest BCUT2D eigenvalue weighted by Crippen LogP contribution is 2.14. The first kappa shape index (κ1) is 80.2. The monoisotopic (exact) mass is 1350 g/mol. The zero-order chi connectivity index (χ0) is 70.0. The van der Waals surface area contributed by atoms with Gasteiger partial charge in [0, 0.05) is 147 Å². The molecule has 4 rings (SSSR count). The van der Waals surface area contributed by atoms with E-state index >= 15 is 0 Å². The van der Waals surface area contributed by atoms with E-state index in [1.807, 2.05) is 9.80 Å². The van der Waals surface area contributed by atoms with E-state index in [4.69, 9.17) is 5.73 Å². The van der Waals surface area contributed by atoms with Crippen LogP contribution in [0, 0.1) is 0 Å². The fraction of sp³-hybridized carbons (Fsp3) is 0.645. The van der Waals surface area contributed by atoms with E-state index in [1.54, 1.807) is 12.4 Å². The van der Waals surface area contributed by atoms with Crippen LogP contribution >= 0.6 is 0 Å². The second-order valence-electron chi connectivity index (χ2n) is 23.7. The first-order valence-corrected chi connectivity index (χ1v) is 32.9. The number of H-pyrrole nitrogens is 2. The Balaban J connectivity index is 1.32. The van der Waals surface area contributed by atoms with E-state index in [0.29, 0.717) is 96.6 Å². The highest BCUT2D eigenvalue weighted by Gasteiger charge is 2.31. The molecular weight excluding hydrogens is 1250 g/mol. The number of unbranched alkanes of at least 4 members (excludes halogenated alkanes) is 4. The van der Waals surface area contributed by atoms with E-state index in [9.17, 15) is 78.6 Å². The third-order valence-electron chi connectivity index (χ3n) is 15.7. The Hall–Kier alpha value is -8.22. The number of β-amino-alcohol motifs (C(OH)–C–C–N with tert-alkyl or cyclic N) is 4. The number of aromatic nitrogens is 4. The maximum Gasteiger partial charge on any atom is 0.243 e. The highest BCUT2D eigenvalue weighted by atomic mass is 16.5. The summed E-state index contributed by atoms with van der Waals surface area (Å²) in [5, 5.41) is 86.2. The molecule has 0 spiro atoms. The number of carbonyl (C=O) groups excluding carboxylic acids is 10. The van der Waals surface area contributed by atoms with Crippen molar-refractivity contribution in [3.63, 3.8) is 0 Å². The van der Waals surface area contributed by atoms with E-state index in [2.05, 4.69) is 78.0 Å². The Morgan fingerprint density at radius 3 is 1.40 bits per heavy atom. The average Bonchev–Trinajstić information content (AvgIpc) is 1.04. The number of hydrogen-bond donors (Lipinski definition) is 19. The van der Waals surface area contributed by atoms with Gasteiger partial charge in [-0.25, -0.2) is 9.97 Å². The molecule has 2 aromatic heterocycles. The summed E-state index contributed by atoms with van der Waals surface area (Å²) in [7, 11) is 0. The summed E-state index contributed by atoms with van der Waals surface area (Å²) in [4.78, 5) is 149. The molecule has 1 aliphatic heterocycles. The van der Waals surface area contributed by atoms with Crippen LogP contribution < -0.4 is 58.9 Å². The van der Waals surface area contributed by atoms with Gasteiger partial charge in [0.2, 0.25) is 59.1 Å². The quantitative estimate of drug-likeness (QED) is 0.0186. The predicted molar refractivity (Wildman–Crippen MR) is 348 cm³/mol. The number of imidazole rings is 2. The zero-order valence-electron chi connectivity index (χ0n) is 54.9. The number of hydrogen-bond acceptors (Lipinski definition) is 22. The highest BCUT2D eigenvalue weighted by molar-refractivity contribution is 5.95. The Morgan fingerprint density at radius 1 is 0.500 bits per heavy atom. The average molecular weight is 1360 g/mol. The van der Waals surface area contributed by atoms with Crippen LogP contribution in [0.4, 0.5) is 0 Å². The lowest BCUT2D eigenvalue weighted by molar-refractivity contribution is -0.134. The lowest BCUT2D eigenvalue weighted by atomic mass is 10.0. The molecule has 20 N–H and O–H groups in total. The zero-order valence-corrected chi connectivity index (χ0v) is 54.9. The molecule has 0 radical (unpaired) electrons. The van der Waals surface area contributed by atoms with Gasteiger partial charge in [0.1, 0.15) is 30.1 Å². The Bertz CT molecular complexity index is 2780. The Kier molecular flexibility index (Phi) is 38.5. The third kappa shape index (κ3) is 36.0. The number of nitrogens with two attached hydrogens (primary N) is 1. The molecule has 1 saturated heterocycles. The van der Waals surface area contributed by atoms with Gasteiger partial charge in [0.05, 0.1) is 31.8 Å². The third-order valence-corrected chi connectivity index (χ3v) is 15.7. The van der Waals surface area contributed by atoms with Crippen molar-refractivity contribution in [3.8, 4) is 5.75 Å². The van der Waals surface area contributed by atoms with Gasteiger partial charge in [0.25, 0.3) is 0 Å². The number of nitrogens with zero attached hydrogens (tertiary/aromatic N) is 5. The second kappa shape index (κ2) is 46.0. The van der Waals surface area contributed by atoms with Crippen molar-refractivity contribution in [1.82, 2.24) is 87.8 Å². The minimum atomic E-state index is -1.51. The Morgan fingerprint density at radius 2 is 0.927 bits per heavy atom. The van der Waals surface area contributed by atoms with Crippen LogP contribution in [0.5, 0.6) is 5.75 Å². The van der Waals surface area contributed by atoms with Gasteiger partial charge < -0.3 is 99.1 Å². The maximum absolute atomic E-state index is 14.4. The molecular formula is C62H102N18O16. The molecule has 1 aromatic carbocycles. The van der Waals surface area contributed by atoms with Gasteiger partial charge in [-0.3, -0.25) is 63.1 Å². The van der Waals surface area contributed by atoms with Crippen LogP contribution in [0.15, 0.2) is 49.3 Å². The van der Waals surface area contributed by atoms with Crippen molar-refractivity contribution in [1.29, 1.82) is 0 Å². The second-order valence-corrected chi connectivity index (χ2v) is 23.7. The van der Waals surface area contributed by atoms with E-state index in [-0.39, 0.29) is 127 Å². The molecule has 1 fully saturated rings. The molecule has 0 saturated carbocycles. The number of phenolic OH excluding ortho intramolecular Hbond substituents is 1. The van der Waals surface area contributed by atoms with E-state index in [0.717, 1.165) is 17.8 Å². The largest absolute Gasteiger partial charge is 0.508 e. The van der Waals surface area contributed by atoms with Crippen molar-refractivity contribution >= 4 is 59.1 Å². The van der Waals surface area contributed by atoms with Crippen molar-refractivity contribution in [2.75, 3.05) is 98.2 Å². The van der Waals surface area contributed by atoms with Crippen LogP contribution in [0.3, 0.4) is 0 Å². The number of aliphatic hydroxyl groups is 5. The molecule has 1 unspecified atom stereocenters. The molecule has 0 bridgehead atoms. The van der Waals surface area contributed by atoms with Crippen molar-refractivity contribution < 1.29 is 78.6 Å². The molecule has 5 atom stereocenters. The minimum Gasteiger partial charge on any atom is -0.508 e. The first-order valence-electron chi connectivity index (χ1n) is 32.9. The molecule has 3 heterocycles. The normalized spacial score (nSPS) is 14.8. The number of aromatic hydroxyl groups is 1. The number of aliphatic hydroxyl groups excluding tert-OH is 3. The summed E-state index contributed by atoms with van der Waals surface area (Å²) in [6.45, 7) is 6.04. The molecule has 3 aromatic rings. The minimum absolute atomic E-state index is 0.0172. The van der Waals surface area contributed by atoms with Crippen LogP contribution in [0.2, 0.25) is 0 Å². The summed E-state index contributed by atoms with van der Waals surface area (Å²) in [6.07, 6.45) is 6.11. The van der Waals surface area contributed by atoms with E-state index in [1.165, 1.54) is 43.8 Å². The van der Waals surface area contributed by atoms with Gasteiger partial charge in [0.15, 0.2) is 12.6 Å². The summed E-state index contributed by atoms with van der Waals surface area (Å²) < 4.78 is 0. The van der Waals surface area contributed by atoms with Crippen LogP contribution in [-0.2, 0) is 67.2 Å². The van der Waals surface area contributed by atoms with Crippen molar-refractivity contribution in [2.24, 2.45) is 5.73 Å². The number of benzene rings is 1. The van der Waals surface area contributed by atoms with Crippen LogP contribution in [0.25, 0.3) is 0 Å². The van der Waals surface area contributed by atoms with Gasteiger partial charge >= 0.3 is 0 Å². The summed E-state index contributed by atoms with van der Waals surface area (Å²) in [5.74, 6) is -5.92. The van der Waals surface area contributed by atoms with Gasteiger partial charge in [-0.05, 0) is 89.0 Å². The molecule has 536 valence electrons. The number of rotatable bonds is 47. The van der Waals surface area contributed by atoms with Crippen molar-refractivity contribution in [2.45, 2.75) is 159 Å². The topological polar surface area (TPSA) is 505 Å². The van der Waals surface area contributed by atoms with Crippen LogP contribution in [0.1, 0.15) is 114 Å². The standard InChI is InChI=1S/C62H102N18O16/c1-42(74-54(86)11-3-2-8-26-78-27-29-79(38-57(89)90)31-32-80(30-28-78)39-58(91)92)60(94)76-48(10-5-7-23-67-56(88)37-71-53(85)19-17-51(83)69-25-21-45-35-65-41-73-45)61(95)77-49(33-43-12-14-46(81)15-13-43)62(96)75-47(59(63)93)9-4-6-22-66-55(87)36-70-52(84)18-16-50(82)68-24-20-44-34-64-40-72-44/h12-15,34-35,40-42,47-49,54,57-58,74,81,86,89-92H,2-11,16-33,36-39H2,1H3,(H2,63,93)(H,64,72)(H,65,73)(H,66,87)(H,67,88)(H,68,82)(H,69,83)(H,70,84)(H,71,85)(H,75,96)(H,76,94)(H,77,95)/t42-,47-,48-,49-,54?/m1/s1.